The second kappa shape index (κ2) is 5.87. The predicted octanol–water partition coefficient (Wildman–Crippen LogP) is 1.62. The maximum Gasteiger partial charge on any atom is 0.240 e. The number of carbonyl (C=O) groups is 1. The molecule has 4 nitrogen and oxygen atoms in total. The van der Waals surface area contributed by atoms with Crippen molar-refractivity contribution in [2.45, 2.75) is 39.3 Å². The molecule has 1 amide bonds. The maximum absolute atomic E-state index is 11.5. The third-order valence-electron chi connectivity index (χ3n) is 2.70. The Morgan fingerprint density at radius 2 is 1.94 bits per heavy atom. The highest BCUT2D eigenvalue weighted by Crippen LogP contribution is 2.14. The van der Waals surface area contributed by atoms with Gasteiger partial charge in [-0.3, -0.25) is 10.1 Å². The van der Waals surface area contributed by atoms with E-state index in [1.165, 1.54) is 5.56 Å². The molecule has 18 heavy (non-hydrogen) atoms. The van der Waals surface area contributed by atoms with Crippen molar-refractivity contribution in [3.05, 3.63) is 29.8 Å². The van der Waals surface area contributed by atoms with Gasteiger partial charge in [-0.2, -0.15) is 0 Å². The van der Waals surface area contributed by atoms with Gasteiger partial charge in [-0.15, -0.1) is 0 Å². The maximum atomic E-state index is 11.5. The molecule has 0 aliphatic heterocycles. The summed E-state index contributed by atoms with van der Waals surface area (Å²) < 4.78 is 5.62. The molecular formula is C14H22N2O2. The Morgan fingerprint density at radius 1 is 1.39 bits per heavy atom. The van der Waals surface area contributed by atoms with Crippen molar-refractivity contribution in [1.82, 2.24) is 5.32 Å². The molecule has 1 rings (SSSR count). The molecule has 0 spiro atoms. The second-order valence-corrected chi connectivity index (χ2v) is 5.10. The van der Waals surface area contributed by atoms with E-state index in [2.05, 4.69) is 5.32 Å². The highest BCUT2D eigenvalue weighted by molar-refractivity contribution is 5.84. The van der Waals surface area contributed by atoms with Crippen LogP contribution in [0.25, 0.3) is 0 Å². The first-order valence-electron chi connectivity index (χ1n) is 6.10. The standard InChI is InChI=1S/C14H22N2O2/c1-10(2)16-14(4,13(15)17)9-18-12-7-5-11(3)6-8-12/h5-8,10,16H,9H2,1-4H3,(H2,15,17). The number of amides is 1. The quantitative estimate of drug-likeness (QED) is 0.806. The molecule has 0 aromatic heterocycles. The molecule has 0 heterocycles. The predicted molar refractivity (Wildman–Crippen MR) is 72.5 cm³/mol. The zero-order valence-electron chi connectivity index (χ0n) is 11.5. The van der Waals surface area contributed by atoms with E-state index in [4.69, 9.17) is 10.5 Å². The molecule has 0 saturated carbocycles. The third kappa shape index (κ3) is 4.04. The van der Waals surface area contributed by atoms with E-state index in [0.717, 1.165) is 5.75 Å². The van der Waals surface area contributed by atoms with E-state index in [1.807, 2.05) is 45.0 Å². The summed E-state index contributed by atoms with van der Waals surface area (Å²) in [6.07, 6.45) is 0. The zero-order valence-corrected chi connectivity index (χ0v) is 11.5. The van der Waals surface area contributed by atoms with Crippen molar-refractivity contribution in [3.8, 4) is 5.75 Å². The Hall–Kier alpha value is -1.55. The molecule has 100 valence electrons. The van der Waals surface area contributed by atoms with E-state index in [1.54, 1.807) is 6.92 Å². The summed E-state index contributed by atoms with van der Waals surface area (Å²) in [5.41, 5.74) is 5.73. The zero-order chi connectivity index (χ0) is 13.8. The lowest BCUT2D eigenvalue weighted by Crippen LogP contribution is -2.59. The van der Waals surface area contributed by atoms with Gasteiger partial charge in [0.1, 0.15) is 17.9 Å². The first-order chi connectivity index (χ1) is 8.33. The highest BCUT2D eigenvalue weighted by Gasteiger charge is 2.32. The van der Waals surface area contributed by atoms with E-state index < -0.39 is 11.4 Å². The first kappa shape index (κ1) is 14.5. The Bertz CT molecular complexity index is 401. The van der Waals surface area contributed by atoms with Crippen LogP contribution in [0, 0.1) is 6.92 Å². The van der Waals surface area contributed by atoms with Gasteiger partial charge in [0.15, 0.2) is 0 Å². The molecule has 1 unspecified atom stereocenters. The lowest BCUT2D eigenvalue weighted by Gasteiger charge is -2.29. The molecule has 1 aromatic rings. The molecular weight excluding hydrogens is 228 g/mol. The van der Waals surface area contributed by atoms with Crippen molar-refractivity contribution >= 4 is 5.91 Å². The van der Waals surface area contributed by atoms with Gasteiger partial charge in [-0.25, -0.2) is 0 Å². The van der Waals surface area contributed by atoms with Crippen LogP contribution in [0.4, 0.5) is 0 Å². The van der Waals surface area contributed by atoms with Gasteiger partial charge in [0.05, 0.1) is 0 Å². The van der Waals surface area contributed by atoms with Crippen LogP contribution in [0.1, 0.15) is 26.3 Å². The summed E-state index contributed by atoms with van der Waals surface area (Å²) in [6, 6.07) is 7.85. The fraction of sp³-hybridized carbons (Fsp3) is 0.500. The molecule has 1 atom stereocenters. The summed E-state index contributed by atoms with van der Waals surface area (Å²) in [5.74, 6) is 0.321. The molecule has 0 aliphatic carbocycles. The summed E-state index contributed by atoms with van der Waals surface area (Å²) in [6.45, 7) is 7.91. The number of nitrogens with one attached hydrogen (secondary N) is 1. The van der Waals surface area contributed by atoms with Crippen molar-refractivity contribution < 1.29 is 9.53 Å². The van der Waals surface area contributed by atoms with E-state index in [-0.39, 0.29) is 12.6 Å². The van der Waals surface area contributed by atoms with Crippen LogP contribution in [0.2, 0.25) is 0 Å². The third-order valence-corrected chi connectivity index (χ3v) is 2.70. The monoisotopic (exact) mass is 250 g/mol. The Morgan fingerprint density at radius 3 is 2.39 bits per heavy atom. The number of carbonyl (C=O) groups excluding carboxylic acids is 1. The topological polar surface area (TPSA) is 64.3 Å². The molecule has 0 fully saturated rings. The second-order valence-electron chi connectivity index (χ2n) is 5.10. The van der Waals surface area contributed by atoms with Crippen LogP contribution in [-0.4, -0.2) is 24.1 Å². The number of hydrogen-bond acceptors (Lipinski definition) is 3. The smallest absolute Gasteiger partial charge is 0.240 e. The summed E-state index contributed by atoms with van der Waals surface area (Å²) in [7, 11) is 0. The Kier molecular flexibility index (Phi) is 4.73. The van der Waals surface area contributed by atoms with Gasteiger partial charge in [0, 0.05) is 6.04 Å². The largest absolute Gasteiger partial charge is 0.491 e. The Balaban J connectivity index is 2.68. The lowest BCUT2D eigenvalue weighted by molar-refractivity contribution is -0.125. The Labute approximate surface area is 109 Å². The van der Waals surface area contributed by atoms with E-state index in [0.29, 0.717) is 0 Å². The van der Waals surface area contributed by atoms with Crippen LogP contribution in [0.5, 0.6) is 5.75 Å². The first-order valence-corrected chi connectivity index (χ1v) is 6.10. The van der Waals surface area contributed by atoms with Crippen LogP contribution in [0.15, 0.2) is 24.3 Å². The molecule has 0 aliphatic rings. The van der Waals surface area contributed by atoms with Gasteiger partial charge >= 0.3 is 0 Å². The minimum absolute atomic E-state index is 0.157. The van der Waals surface area contributed by atoms with Gasteiger partial charge in [0.25, 0.3) is 0 Å². The molecule has 0 saturated heterocycles. The molecule has 1 aromatic carbocycles. The van der Waals surface area contributed by atoms with Crippen molar-refractivity contribution in [2.24, 2.45) is 5.73 Å². The van der Waals surface area contributed by atoms with Gasteiger partial charge < -0.3 is 10.5 Å². The normalized spacial score (nSPS) is 14.3. The summed E-state index contributed by atoms with van der Waals surface area (Å²) in [5, 5.41) is 3.14. The van der Waals surface area contributed by atoms with Gasteiger partial charge in [-0.05, 0) is 39.8 Å². The SMILES string of the molecule is Cc1ccc(OCC(C)(NC(C)C)C(N)=O)cc1. The minimum atomic E-state index is -0.862. The number of ether oxygens (including phenoxy) is 1. The van der Waals surface area contributed by atoms with Crippen molar-refractivity contribution in [2.75, 3.05) is 6.61 Å². The highest BCUT2D eigenvalue weighted by atomic mass is 16.5. The number of hydrogen-bond donors (Lipinski definition) is 2. The fourth-order valence-corrected chi connectivity index (χ4v) is 1.68. The number of aryl methyl sites for hydroxylation is 1. The van der Waals surface area contributed by atoms with E-state index in [9.17, 15) is 4.79 Å². The van der Waals surface area contributed by atoms with Crippen LogP contribution < -0.4 is 15.8 Å². The van der Waals surface area contributed by atoms with Crippen LogP contribution >= 0.6 is 0 Å². The number of primary amides is 1. The summed E-state index contributed by atoms with van der Waals surface area (Å²) in [4.78, 5) is 11.5. The summed E-state index contributed by atoms with van der Waals surface area (Å²) >= 11 is 0. The van der Waals surface area contributed by atoms with Crippen molar-refractivity contribution in [3.63, 3.8) is 0 Å². The van der Waals surface area contributed by atoms with Crippen molar-refractivity contribution in [1.29, 1.82) is 0 Å². The van der Waals surface area contributed by atoms with E-state index >= 15 is 0 Å². The van der Waals surface area contributed by atoms with Gasteiger partial charge in [0.2, 0.25) is 5.91 Å². The number of nitrogens with two attached hydrogens (primary N) is 1. The molecule has 0 radical (unpaired) electrons. The minimum Gasteiger partial charge on any atom is -0.491 e. The number of rotatable bonds is 6. The average molecular weight is 250 g/mol. The molecule has 4 heteroatoms. The number of benzene rings is 1. The van der Waals surface area contributed by atoms with Crippen LogP contribution in [-0.2, 0) is 4.79 Å². The van der Waals surface area contributed by atoms with Gasteiger partial charge in [-0.1, -0.05) is 17.7 Å². The fourth-order valence-electron chi connectivity index (χ4n) is 1.68. The molecule has 0 bridgehead atoms. The average Bonchev–Trinajstić information content (AvgIpc) is 2.27. The lowest BCUT2D eigenvalue weighted by atomic mass is 10.0. The van der Waals surface area contributed by atoms with Crippen LogP contribution in [0.3, 0.4) is 0 Å². The molecule has 3 N–H and O–H groups in total.